The van der Waals surface area contributed by atoms with Crippen LogP contribution in [0, 0.1) is 0 Å². The van der Waals surface area contributed by atoms with Crippen LogP contribution in [0.1, 0.15) is 21.5 Å². The molecule has 5 aromatic rings. The minimum absolute atomic E-state index is 0.283. The molecule has 41 heavy (non-hydrogen) atoms. The number of methoxy groups -OCH3 is 1. The fraction of sp³-hybridized carbons (Fsp3) is 0.0645. The van der Waals surface area contributed by atoms with Gasteiger partial charge in [0, 0.05) is 32.8 Å². The molecule has 2 N–H and O–H groups in total. The Hall–Kier alpha value is -4.18. The maximum Gasteiger partial charge on any atom is 0.271 e. The van der Waals surface area contributed by atoms with Gasteiger partial charge in [-0.3, -0.25) is 4.79 Å². The summed E-state index contributed by atoms with van der Waals surface area (Å²) in [6.45, 7) is 0.283. The number of benzene rings is 4. The zero-order chi connectivity index (χ0) is 28.6. The third-order valence-electron chi connectivity index (χ3n) is 5.93. The molecule has 1 heterocycles. The first-order chi connectivity index (χ1) is 20.0. The highest BCUT2D eigenvalue weighted by atomic mass is 79.9. The number of nitrogens with zero attached hydrogens (tertiary/aromatic N) is 2. The largest absolute Gasteiger partial charge is 0.493 e. The summed E-state index contributed by atoms with van der Waals surface area (Å²) < 4.78 is 12.2. The SMILES string of the molecule is COc1cc(/C=N\NC(=O)c2ccc(-c3csc(Nc4ccccc4)n3)cc2)cc(Br)c1OCc1ccccc1Cl. The summed E-state index contributed by atoms with van der Waals surface area (Å²) in [5, 5.41) is 10.8. The molecule has 206 valence electrons. The van der Waals surface area contributed by atoms with Crippen molar-refractivity contribution in [1.82, 2.24) is 10.4 Å². The molecule has 0 saturated heterocycles. The second-order valence-corrected chi connectivity index (χ2v) is 10.8. The number of amides is 1. The van der Waals surface area contributed by atoms with Crippen molar-refractivity contribution in [1.29, 1.82) is 0 Å². The summed E-state index contributed by atoms with van der Waals surface area (Å²) in [7, 11) is 1.56. The van der Waals surface area contributed by atoms with Crippen molar-refractivity contribution < 1.29 is 14.3 Å². The number of aromatic nitrogens is 1. The lowest BCUT2D eigenvalue weighted by Gasteiger charge is -2.14. The summed E-state index contributed by atoms with van der Waals surface area (Å²) in [5.41, 5.74) is 7.33. The molecule has 0 aliphatic carbocycles. The summed E-state index contributed by atoms with van der Waals surface area (Å²) >= 11 is 11.3. The zero-order valence-electron chi connectivity index (χ0n) is 21.8. The van der Waals surface area contributed by atoms with Crippen LogP contribution in [0.2, 0.25) is 5.02 Å². The summed E-state index contributed by atoms with van der Waals surface area (Å²) in [5.74, 6) is 0.721. The van der Waals surface area contributed by atoms with Crippen molar-refractivity contribution >= 4 is 61.8 Å². The molecule has 0 aliphatic heterocycles. The molecule has 0 atom stereocenters. The molecule has 0 unspecified atom stereocenters. The van der Waals surface area contributed by atoms with E-state index >= 15 is 0 Å². The van der Waals surface area contributed by atoms with Gasteiger partial charge in [-0.15, -0.1) is 11.3 Å². The number of hydrazone groups is 1. The van der Waals surface area contributed by atoms with Crippen LogP contribution in [0.25, 0.3) is 11.3 Å². The maximum absolute atomic E-state index is 12.7. The van der Waals surface area contributed by atoms with Gasteiger partial charge < -0.3 is 14.8 Å². The van der Waals surface area contributed by atoms with Crippen molar-refractivity contribution in [2.45, 2.75) is 6.61 Å². The minimum atomic E-state index is -0.330. The molecule has 0 saturated carbocycles. The number of halogens is 2. The van der Waals surface area contributed by atoms with Gasteiger partial charge in [-0.2, -0.15) is 5.10 Å². The zero-order valence-corrected chi connectivity index (χ0v) is 25.0. The van der Waals surface area contributed by atoms with E-state index in [1.165, 1.54) is 17.6 Å². The lowest BCUT2D eigenvalue weighted by atomic mass is 10.1. The van der Waals surface area contributed by atoms with E-state index < -0.39 is 0 Å². The van der Waals surface area contributed by atoms with E-state index in [4.69, 9.17) is 21.1 Å². The van der Waals surface area contributed by atoms with E-state index in [0.29, 0.717) is 32.1 Å². The van der Waals surface area contributed by atoms with Crippen molar-refractivity contribution in [2.24, 2.45) is 5.10 Å². The van der Waals surface area contributed by atoms with Gasteiger partial charge in [-0.05, 0) is 64.0 Å². The molecular weight excluding hydrogens is 624 g/mol. The van der Waals surface area contributed by atoms with Gasteiger partial charge in [-0.25, -0.2) is 10.4 Å². The van der Waals surface area contributed by atoms with Gasteiger partial charge >= 0.3 is 0 Å². The predicted octanol–water partition coefficient (Wildman–Crippen LogP) is 8.32. The number of thiazole rings is 1. The van der Waals surface area contributed by atoms with Crippen molar-refractivity contribution in [3.05, 3.63) is 123 Å². The van der Waals surface area contributed by atoms with Crippen molar-refractivity contribution in [2.75, 3.05) is 12.4 Å². The monoisotopic (exact) mass is 646 g/mol. The third kappa shape index (κ3) is 7.32. The maximum atomic E-state index is 12.7. The number of carbonyl (C=O) groups is 1. The number of ether oxygens (including phenoxy) is 2. The smallest absolute Gasteiger partial charge is 0.271 e. The van der Waals surface area contributed by atoms with E-state index in [0.717, 1.165) is 27.6 Å². The van der Waals surface area contributed by atoms with Gasteiger partial charge in [0.25, 0.3) is 5.91 Å². The number of rotatable bonds is 10. The second kappa shape index (κ2) is 13.5. The van der Waals surface area contributed by atoms with Gasteiger partial charge in [0.05, 0.1) is 23.5 Å². The van der Waals surface area contributed by atoms with Crippen LogP contribution in [0.3, 0.4) is 0 Å². The van der Waals surface area contributed by atoms with Gasteiger partial charge in [0.2, 0.25) is 0 Å². The lowest BCUT2D eigenvalue weighted by molar-refractivity contribution is 0.0955. The minimum Gasteiger partial charge on any atom is -0.493 e. The summed E-state index contributed by atoms with van der Waals surface area (Å²) in [6, 6.07) is 28.2. The predicted molar refractivity (Wildman–Crippen MR) is 169 cm³/mol. The Morgan fingerprint density at radius 1 is 1.05 bits per heavy atom. The van der Waals surface area contributed by atoms with Crippen LogP contribution >= 0.6 is 38.9 Å². The van der Waals surface area contributed by atoms with Crippen LogP contribution in [0.5, 0.6) is 11.5 Å². The topological polar surface area (TPSA) is 84.8 Å². The van der Waals surface area contributed by atoms with Crippen molar-refractivity contribution in [3.8, 4) is 22.8 Å². The lowest BCUT2D eigenvalue weighted by Crippen LogP contribution is -2.17. The van der Waals surface area contributed by atoms with Crippen molar-refractivity contribution in [3.63, 3.8) is 0 Å². The quantitative estimate of drug-likeness (QED) is 0.118. The normalized spacial score (nSPS) is 10.9. The third-order valence-corrected chi connectivity index (χ3v) is 7.65. The molecule has 0 radical (unpaired) electrons. The van der Waals surface area contributed by atoms with Gasteiger partial charge in [0.1, 0.15) is 6.61 Å². The van der Waals surface area contributed by atoms with Crippen LogP contribution in [0.4, 0.5) is 10.8 Å². The Bertz CT molecular complexity index is 1680. The van der Waals surface area contributed by atoms with Gasteiger partial charge in [0.15, 0.2) is 16.6 Å². The van der Waals surface area contributed by atoms with E-state index in [-0.39, 0.29) is 12.5 Å². The molecule has 4 aromatic carbocycles. The first-order valence-corrected chi connectivity index (χ1v) is 14.5. The summed E-state index contributed by atoms with van der Waals surface area (Å²) in [6.07, 6.45) is 1.54. The van der Waals surface area contributed by atoms with Crippen LogP contribution in [-0.4, -0.2) is 24.2 Å². The fourth-order valence-corrected chi connectivity index (χ4v) is 5.36. The molecule has 0 aliphatic rings. The highest BCUT2D eigenvalue weighted by molar-refractivity contribution is 9.10. The molecule has 0 spiro atoms. The molecular formula is C31H24BrClN4O3S. The Balaban J connectivity index is 1.19. The molecule has 5 rings (SSSR count). The van der Waals surface area contributed by atoms with Gasteiger partial charge in [-0.1, -0.05) is 60.1 Å². The van der Waals surface area contributed by atoms with Crippen LogP contribution < -0.4 is 20.2 Å². The Morgan fingerprint density at radius 3 is 2.56 bits per heavy atom. The first-order valence-electron chi connectivity index (χ1n) is 12.5. The van der Waals surface area contributed by atoms with E-state index in [1.54, 1.807) is 25.3 Å². The number of hydrogen-bond donors (Lipinski definition) is 2. The average molecular weight is 648 g/mol. The molecule has 1 amide bonds. The fourth-order valence-electron chi connectivity index (χ4n) is 3.85. The van der Waals surface area contributed by atoms with Crippen LogP contribution in [-0.2, 0) is 6.61 Å². The second-order valence-electron chi connectivity index (χ2n) is 8.72. The molecule has 0 bridgehead atoms. The number of hydrogen-bond acceptors (Lipinski definition) is 7. The summed E-state index contributed by atoms with van der Waals surface area (Å²) in [4.78, 5) is 17.3. The Kier molecular flexibility index (Phi) is 9.30. The number of anilines is 2. The Labute approximate surface area is 255 Å². The number of nitrogens with one attached hydrogen (secondary N) is 2. The van der Waals surface area contributed by atoms with E-state index in [2.05, 4.69) is 36.8 Å². The molecule has 7 nitrogen and oxygen atoms in total. The number of carbonyl (C=O) groups excluding carboxylic acids is 1. The average Bonchev–Trinajstić information content (AvgIpc) is 3.46. The molecule has 0 fully saturated rings. The highest BCUT2D eigenvalue weighted by Gasteiger charge is 2.13. The molecule has 10 heteroatoms. The highest BCUT2D eigenvalue weighted by Crippen LogP contribution is 2.37. The first kappa shape index (κ1) is 28.4. The molecule has 1 aromatic heterocycles. The Morgan fingerprint density at radius 2 is 1.80 bits per heavy atom. The standard InChI is InChI=1S/C31H24BrClN4O3S/c1-39-28-16-20(15-25(32)29(28)40-18-23-7-5-6-10-26(23)33)17-34-37-30(38)22-13-11-21(12-14-22)27-19-41-31(36-27)35-24-8-3-2-4-9-24/h2-17,19H,18H2,1H3,(H,35,36)(H,37,38)/b34-17-. The van der Waals surface area contributed by atoms with Crippen LogP contribution in [0.15, 0.2) is 106 Å². The van der Waals surface area contributed by atoms with E-state index in [1.807, 2.05) is 78.2 Å². The van der Waals surface area contributed by atoms with E-state index in [9.17, 15) is 4.79 Å². The number of para-hydroxylation sites is 1.